The second-order valence-corrected chi connectivity index (χ2v) is 17.4. The summed E-state index contributed by atoms with van der Waals surface area (Å²) in [5.74, 6) is 0. The lowest BCUT2D eigenvalue weighted by atomic mass is 9.98. The van der Waals surface area contributed by atoms with Crippen molar-refractivity contribution < 1.29 is 0 Å². The lowest BCUT2D eigenvalue weighted by molar-refractivity contribution is 0.795. The number of unbranched alkanes of at least 4 members (excludes halogenated alkanes) is 2. The van der Waals surface area contributed by atoms with Gasteiger partial charge in [-0.15, -0.1) is 0 Å². The summed E-state index contributed by atoms with van der Waals surface area (Å²) < 4.78 is 4.90. The fourth-order valence-electron chi connectivity index (χ4n) is 9.96. The molecule has 0 bridgehead atoms. The van der Waals surface area contributed by atoms with E-state index in [0.717, 1.165) is 18.5 Å². The summed E-state index contributed by atoms with van der Waals surface area (Å²) in [6, 6.07) is 76.9. The van der Waals surface area contributed by atoms with Gasteiger partial charge in [0.15, 0.2) is 0 Å². The summed E-state index contributed by atoms with van der Waals surface area (Å²) in [4.78, 5) is 0. The highest BCUT2D eigenvalue weighted by Gasteiger charge is 2.18. The van der Waals surface area contributed by atoms with Gasteiger partial charge in [-0.3, -0.25) is 0 Å². The van der Waals surface area contributed by atoms with Crippen LogP contribution in [-0.4, -0.2) is 9.13 Å². The van der Waals surface area contributed by atoms with Crippen LogP contribution >= 0.6 is 0 Å². The Morgan fingerprint density at radius 2 is 0.797 bits per heavy atom. The van der Waals surface area contributed by atoms with Gasteiger partial charge in [0.05, 0.1) is 27.8 Å². The van der Waals surface area contributed by atoms with Gasteiger partial charge in [-0.05, 0) is 130 Å². The molecule has 2 heteroatoms. The Hall–Kier alpha value is -7.42. The fraction of sp³-hybridized carbons (Fsp3) is 0.129. The molecule has 0 aliphatic rings. The molecule has 2 heterocycles. The minimum atomic E-state index is 1.11. The zero-order valence-corrected chi connectivity index (χ0v) is 36.8. The summed E-state index contributed by atoms with van der Waals surface area (Å²) in [5, 5.41) is 5.02. The van der Waals surface area contributed by atoms with Gasteiger partial charge in [-0.1, -0.05) is 178 Å². The average Bonchev–Trinajstić information content (AvgIpc) is 3.87. The summed E-state index contributed by atoms with van der Waals surface area (Å²) in [6.45, 7) is 4.52. The van der Waals surface area contributed by atoms with E-state index in [1.165, 1.54) is 131 Å². The maximum Gasteiger partial charge on any atom is 0.0541 e. The lowest BCUT2D eigenvalue weighted by Gasteiger charge is -2.15. The average molecular weight is 825 g/mol. The highest BCUT2D eigenvalue weighted by molar-refractivity contribution is 6.13. The van der Waals surface area contributed by atoms with Gasteiger partial charge in [0.25, 0.3) is 0 Å². The van der Waals surface area contributed by atoms with Crippen LogP contribution in [0.4, 0.5) is 0 Å². The topological polar surface area (TPSA) is 9.86 Å². The Bertz CT molecular complexity index is 3450. The molecule has 0 spiro atoms. The predicted octanol–water partition coefficient (Wildman–Crippen LogP) is 17.2. The fourth-order valence-corrected chi connectivity index (χ4v) is 9.96. The van der Waals surface area contributed by atoms with Gasteiger partial charge in [-0.2, -0.15) is 0 Å². The number of aromatic nitrogens is 2. The van der Waals surface area contributed by atoms with Crippen LogP contribution < -0.4 is 0 Å². The molecule has 0 aliphatic heterocycles. The van der Waals surface area contributed by atoms with E-state index in [9.17, 15) is 0 Å². The Balaban J connectivity index is 0.960. The first-order chi connectivity index (χ1) is 31.6. The Morgan fingerprint density at radius 3 is 1.47 bits per heavy atom. The molecule has 0 unspecified atom stereocenters. The van der Waals surface area contributed by atoms with Gasteiger partial charge in [0.2, 0.25) is 0 Å². The van der Waals surface area contributed by atoms with Crippen LogP contribution in [0.15, 0.2) is 206 Å². The molecule has 64 heavy (non-hydrogen) atoms. The Labute approximate surface area is 376 Å². The largest absolute Gasteiger partial charge is 0.309 e. The standard InChI is InChI=1S/C62H52N2/c1-3-5-15-43-27-29-45(30-28-43)46-31-33-47(34-32-46)48-18-14-20-52(40-48)63-59-25-11-8-22-54(59)56-41-49(35-37-61(56)63)50-36-38-62-57(42-50)55-23-9-12-26-60(55)64(62)58-24-10-7-21-53(58)51-19-13-17-44(39-51)16-6-4-2/h7-14,17-42H,3-6,15-16H2,1-2H3. The third-order valence-electron chi connectivity index (χ3n) is 13.3. The van der Waals surface area contributed by atoms with Crippen LogP contribution in [0.2, 0.25) is 0 Å². The third-order valence-corrected chi connectivity index (χ3v) is 13.3. The zero-order valence-electron chi connectivity index (χ0n) is 36.8. The maximum atomic E-state index is 2.47. The normalized spacial score (nSPS) is 11.7. The highest BCUT2D eigenvalue weighted by Crippen LogP contribution is 2.40. The van der Waals surface area contributed by atoms with Crippen LogP contribution in [0.5, 0.6) is 0 Å². The van der Waals surface area contributed by atoms with Crippen molar-refractivity contribution in [3.05, 3.63) is 217 Å². The third kappa shape index (κ3) is 7.19. The van der Waals surface area contributed by atoms with E-state index in [4.69, 9.17) is 0 Å². The predicted molar refractivity (Wildman–Crippen MR) is 274 cm³/mol. The molecule has 0 saturated carbocycles. The van der Waals surface area contributed by atoms with Crippen molar-refractivity contribution in [3.63, 3.8) is 0 Å². The Kier molecular flexibility index (Phi) is 10.5. The van der Waals surface area contributed by atoms with Crippen molar-refractivity contribution in [1.82, 2.24) is 9.13 Å². The molecule has 11 aromatic rings. The molecule has 0 N–H and O–H groups in total. The Morgan fingerprint density at radius 1 is 0.312 bits per heavy atom. The SMILES string of the molecule is CCCCc1ccc(-c2ccc(-c3cccc(-n4c5ccccc5c5cc(-c6ccc7c(c6)c6ccccc6n7-c6ccccc6-c6cccc(CCCC)c6)ccc54)c3)cc2)cc1. The van der Waals surface area contributed by atoms with Gasteiger partial charge in [0.1, 0.15) is 0 Å². The zero-order chi connectivity index (χ0) is 43.0. The number of benzene rings is 9. The summed E-state index contributed by atoms with van der Waals surface area (Å²) in [5.41, 5.74) is 19.9. The first kappa shape index (κ1) is 39.4. The van der Waals surface area contributed by atoms with Gasteiger partial charge in [-0.25, -0.2) is 0 Å². The molecular formula is C62H52N2. The van der Waals surface area contributed by atoms with Crippen molar-refractivity contribution in [3.8, 4) is 55.9 Å². The van der Waals surface area contributed by atoms with E-state index in [1.54, 1.807) is 0 Å². The minimum absolute atomic E-state index is 1.11. The molecule has 0 amide bonds. The van der Waals surface area contributed by atoms with Crippen molar-refractivity contribution in [2.24, 2.45) is 0 Å². The van der Waals surface area contributed by atoms with E-state index in [0.29, 0.717) is 0 Å². The second-order valence-electron chi connectivity index (χ2n) is 17.4. The number of hydrogen-bond acceptors (Lipinski definition) is 0. The van der Waals surface area contributed by atoms with Crippen molar-refractivity contribution in [2.45, 2.75) is 52.4 Å². The van der Waals surface area contributed by atoms with Crippen LogP contribution in [0.1, 0.15) is 50.7 Å². The van der Waals surface area contributed by atoms with E-state index in [-0.39, 0.29) is 0 Å². The molecule has 0 saturated heterocycles. The quantitative estimate of drug-likeness (QED) is 0.116. The molecule has 0 radical (unpaired) electrons. The first-order valence-corrected chi connectivity index (χ1v) is 23.2. The number of nitrogens with zero attached hydrogens (tertiary/aromatic N) is 2. The van der Waals surface area contributed by atoms with Crippen molar-refractivity contribution >= 4 is 43.6 Å². The molecule has 11 rings (SSSR count). The molecule has 2 nitrogen and oxygen atoms in total. The number of hydrogen-bond donors (Lipinski definition) is 0. The monoisotopic (exact) mass is 824 g/mol. The molecule has 0 fully saturated rings. The molecule has 0 atom stereocenters. The van der Waals surface area contributed by atoms with Gasteiger partial charge < -0.3 is 9.13 Å². The van der Waals surface area contributed by atoms with Crippen LogP contribution in [-0.2, 0) is 12.8 Å². The number of rotatable bonds is 12. The lowest BCUT2D eigenvalue weighted by Crippen LogP contribution is -1.97. The highest BCUT2D eigenvalue weighted by atomic mass is 15.0. The molecular weight excluding hydrogens is 773 g/mol. The molecule has 2 aromatic heterocycles. The summed E-state index contributed by atoms with van der Waals surface area (Å²) in [6.07, 6.45) is 7.11. The summed E-state index contributed by atoms with van der Waals surface area (Å²) >= 11 is 0. The number of para-hydroxylation sites is 3. The van der Waals surface area contributed by atoms with Crippen molar-refractivity contribution in [1.29, 1.82) is 0 Å². The minimum Gasteiger partial charge on any atom is -0.309 e. The maximum absolute atomic E-state index is 2.47. The van der Waals surface area contributed by atoms with Gasteiger partial charge in [0, 0.05) is 32.8 Å². The van der Waals surface area contributed by atoms with Crippen LogP contribution in [0, 0.1) is 0 Å². The number of aryl methyl sites for hydroxylation is 2. The van der Waals surface area contributed by atoms with Gasteiger partial charge >= 0.3 is 0 Å². The van der Waals surface area contributed by atoms with Crippen LogP contribution in [0.25, 0.3) is 99.5 Å². The summed E-state index contributed by atoms with van der Waals surface area (Å²) in [7, 11) is 0. The van der Waals surface area contributed by atoms with Crippen molar-refractivity contribution in [2.75, 3.05) is 0 Å². The number of fused-ring (bicyclic) bond motifs is 6. The van der Waals surface area contributed by atoms with Crippen LogP contribution in [0.3, 0.4) is 0 Å². The van der Waals surface area contributed by atoms with E-state index in [2.05, 4.69) is 229 Å². The van der Waals surface area contributed by atoms with E-state index >= 15 is 0 Å². The molecule has 0 aliphatic carbocycles. The molecule has 310 valence electrons. The second kappa shape index (κ2) is 17.0. The molecule has 9 aromatic carbocycles. The first-order valence-electron chi connectivity index (χ1n) is 23.2. The van der Waals surface area contributed by atoms with E-state index in [1.807, 2.05) is 0 Å². The van der Waals surface area contributed by atoms with E-state index < -0.39 is 0 Å². The smallest absolute Gasteiger partial charge is 0.0541 e.